The highest BCUT2D eigenvalue weighted by Gasteiger charge is 2.31. The van der Waals surface area contributed by atoms with Gasteiger partial charge in [-0.05, 0) is 6.92 Å². The molecule has 1 aliphatic heterocycles. The molecular weight excluding hydrogens is 250 g/mol. The first-order chi connectivity index (χ1) is 7.55. The minimum atomic E-state index is -3.28. The maximum absolute atomic E-state index is 12.1. The number of sulfonamides is 1. The van der Waals surface area contributed by atoms with E-state index < -0.39 is 15.3 Å². The van der Waals surface area contributed by atoms with Crippen molar-refractivity contribution in [3.8, 4) is 0 Å². The van der Waals surface area contributed by atoms with E-state index in [1.807, 2.05) is 10.8 Å². The Hall–Kier alpha value is -0.590. The maximum Gasteiger partial charge on any atom is 0.218 e. The van der Waals surface area contributed by atoms with Crippen LogP contribution in [0.1, 0.15) is 12.7 Å². The van der Waals surface area contributed by atoms with Crippen LogP contribution in [0, 0.1) is 0 Å². The summed E-state index contributed by atoms with van der Waals surface area (Å²) in [6.07, 6.45) is 3.56. The van der Waals surface area contributed by atoms with Crippen LogP contribution < -0.4 is 0 Å². The van der Waals surface area contributed by atoms with E-state index in [0.29, 0.717) is 19.6 Å². The Morgan fingerprint density at radius 3 is 3.00 bits per heavy atom. The Labute approximate surface area is 100 Å². The van der Waals surface area contributed by atoms with E-state index in [4.69, 9.17) is 11.6 Å². The monoisotopic (exact) mass is 263 g/mol. The molecule has 7 heteroatoms. The van der Waals surface area contributed by atoms with Gasteiger partial charge in [0.1, 0.15) is 5.82 Å². The Kier molecular flexibility index (Phi) is 3.23. The first-order valence-electron chi connectivity index (χ1n) is 5.10. The molecule has 0 aromatic carbocycles. The van der Waals surface area contributed by atoms with Crippen molar-refractivity contribution in [3.05, 3.63) is 18.2 Å². The number of imidazole rings is 1. The van der Waals surface area contributed by atoms with E-state index in [1.165, 1.54) is 4.31 Å². The molecule has 0 saturated heterocycles. The van der Waals surface area contributed by atoms with Gasteiger partial charge in [-0.3, -0.25) is 0 Å². The second-order valence-corrected chi connectivity index (χ2v) is 6.54. The molecule has 90 valence electrons. The molecule has 1 aromatic heterocycles. The molecule has 0 aliphatic carbocycles. The van der Waals surface area contributed by atoms with Crippen molar-refractivity contribution in [3.63, 3.8) is 0 Å². The van der Waals surface area contributed by atoms with Gasteiger partial charge in [0.05, 0.1) is 11.8 Å². The summed E-state index contributed by atoms with van der Waals surface area (Å²) in [7, 11) is -3.28. The molecule has 1 unspecified atom stereocenters. The molecule has 1 atom stereocenters. The van der Waals surface area contributed by atoms with E-state index in [2.05, 4.69) is 4.98 Å². The van der Waals surface area contributed by atoms with Gasteiger partial charge >= 0.3 is 0 Å². The summed E-state index contributed by atoms with van der Waals surface area (Å²) >= 11 is 5.61. The molecule has 5 nitrogen and oxygen atoms in total. The lowest BCUT2D eigenvalue weighted by Crippen LogP contribution is -2.42. The normalized spacial score (nSPS) is 19.4. The average Bonchev–Trinajstić information content (AvgIpc) is 2.74. The topological polar surface area (TPSA) is 55.2 Å². The lowest BCUT2D eigenvalue weighted by Gasteiger charge is -2.28. The molecule has 0 fully saturated rings. The molecule has 0 N–H and O–H groups in total. The quantitative estimate of drug-likeness (QED) is 0.753. The van der Waals surface area contributed by atoms with Crippen molar-refractivity contribution in [2.24, 2.45) is 0 Å². The van der Waals surface area contributed by atoms with Gasteiger partial charge < -0.3 is 4.57 Å². The first-order valence-corrected chi connectivity index (χ1v) is 7.14. The van der Waals surface area contributed by atoms with Gasteiger partial charge in [-0.15, -0.1) is 11.6 Å². The number of nitrogens with zero attached hydrogens (tertiary/aromatic N) is 3. The number of aromatic nitrogens is 2. The van der Waals surface area contributed by atoms with Crippen LogP contribution in [0.25, 0.3) is 0 Å². The van der Waals surface area contributed by atoms with Crippen molar-refractivity contribution in [1.82, 2.24) is 13.9 Å². The lowest BCUT2D eigenvalue weighted by atomic mass is 10.4. The van der Waals surface area contributed by atoms with E-state index in [-0.39, 0.29) is 5.88 Å². The second-order valence-electron chi connectivity index (χ2n) is 3.88. The Bertz CT molecular complexity index is 471. The zero-order chi connectivity index (χ0) is 11.8. The summed E-state index contributed by atoms with van der Waals surface area (Å²) in [6.45, 7) is 3.12. The molecule has 2 rings (SSSR count). The fourth-order valence-electron chi connectivity index (χ4n) is 1.70. The van der Waals surface area contributed by atoms with Gasteiger partial charge in [-0.1, -0.05) is 0 Å². The maximum atomic E-state index is 12.1. The first kappa shape index (κ1) is 11.9. The minimum absolute atomic E-state index is 0.118. The van der Waals surface area contributed by atoms with Crippen LogP contribution in [0.4, 0.5) is 0 Å². The predicted molar refractivity (Wildman–Crippen MR) is 61.7 cm³/mol. The Morgan fingerprint density at radius 2 is 2.31 bits per heavy atom. The zero-order valence-electron chi connectivity index (χ0n) is 9.00. The Morgan fingerprint density at radius 1 is 1.56 bits per heavy atom. The van der Waals surface area contributed by atoms with Crippen molar-refractivity contribution in [2.75, 3.05) is 12.4 Å². The van der Waals surface area contributed by atoms with Gasteiger partial charge in [0, 0.05) is 31.4 Å². The van der Waals surface area contributed by atoms with E-state index in [0.717, 1.165) is 5.82 Å². The highest BCUT2D eigenvalue weighted by atomic mass is 35.5. The smallest absolute Gasteiger partial charge is 0.218 e. The summed E-state index contributed by atoms with van der Waals surface area (Å²) in [5, 5.41) is -0.546. The van der Waals surface area contributed by atoms with Crippen LogP contribution in [0.5, 0.6) is 0 Å². The van der Waals surface area contributed by atoms with Gasteiger partial charge in [-0.2, -0.15) is 4.31 Å². The molecule has 2 heterocycles. The summed E-state index contributed by atoms with van der Waals surface area (Å²) < 4.78 is 27.5. The number of fused-ring (bicyclic) bond motifs is 1. The minimum Gasteiger partial charge on any atom is -0.333 e. The fourth-order valence-corrected chi connectivity index (χ4v) is 3.48. The predicted octanol–water partition coefficient (Wildman–Crippen LogP) is 0.656. The SMILES string of the molecule is CC(CCl)S(=O)(=O)N1CCn2ccnc2C1. The molecule has 0 amide bonds. The van der Waals surface area contributed by atoms with Crippen LogP contribution in [-0.2, 0) is 23.1 Å². The fraction of sp³-hybridized carbons (Fsp3) is 0.667. The molecular formula is C9H14ClN3O2S. The van der Waals surface area contributed by atoms with Crippen molar-refractivity contribution in [2.45, 2.75) is 25.3 Å². The van der Waals surface area contributed by atoms with Crippen LogP contribution in [0.3, 0.4) is 0 Å². The summed E-state index contributed by atoms with van der Waals surface area (Å²) in [6, 6.07) is 0. The third-order valence-corrected chi connectivity index (χ3v) is 5.66. The van der Waals surface area contributed by atoms with E-state index in [1.54, 1.807) is 13.1 Å². The molecule has 0 saturated carbocycles. The number of hydrogen-bond donors (Lipinski definition) is 0. The highest BCUT2D eigenvalue weighted by Crippen LogP contribution is 2.17. The summed E-state index contributed by atoms with van der Waals surface area (Å²) in [5.74, 6) is 0.907. The summed E-state index contributed by atoms with van der Waals surface area (Å²) in [4.78, 5) is 4.13. The molecule has 0 radical (unpaired) electrons. The molecule has 0 spiro atoms. The van der Waals surface area contributed by atoms with Crippen molar-refractivity contribution in [1.29, 1.82) is 0 Å². The van der Waals surface area contributed by atoms with E-state index in [9.17, 15) is 8.42 Å². The second kappa shape index (κ2) is 4.35. The summed E-state index contributed by atoms with van der Waals surface area (Å²) in [5.41, 5.74) is 0. The van der Waals surface area contributed by atoms with Crippen LogP contribution >= 0.6 is 11.6 Å². The van der Waals surface area contributed by atoms with Crippen LogP contribution in [-0.4, -0.2) is 39.9 Å². The molecule has 0 bridgehead atoms. The van der Waals surface area contributed by atoms with Gasteiger partial charge in [-0.25, -0.2) is 13.4 Å². The Balaban J connectivity index is 2.21. The van der Waals surface area contributed by atoms with Crippen molar-refractivity contribution < 1.29 is 8.42 Å². The van der Waals surface area contributed by atoms with Crippen LogP contribution in [0.2, 0.25) is 0 Å². The molecule has 16 heavy (non-hydrogen) atoms. The number of hydrogen-bond acceptors (Lipinski definition) is 3. The highest BCUT2D eigenvalue weighted by molar-refractivity contribution is 7.89. The number of rotatable bonds is 3. The number of alkyl halides is 1. The van der Waals surface area contributed by atoms with E-state index >= 15 is 0 Å². The lowest BCUT2D eigenvalue weighted by molar-refractivity contribution is 0.333. The molecule has 1 aromatic rings. The standard InChI is InChI=1S/C9H14ClN3O2S/c1-8(6-10)16(14,15)13-5-4-12-3-2-11-9(12)7-13/h2-3,8H,4-7H2,1H3. The van der Waals surface area contributed by atoms with Crippen LogP contribution in [0.15, 0.2) is 12.4 Å². The third-order valence-electron chi connectivity index (χ3n) is 2.80. The zero-order valence-corrected chi connectivity index (χ0v) is 10.6. The van der Waals surface area contributed by atoms with Crippen molar-refractivity contribution >= 4 is 21.6 Å². The van der Waals surface area contributed by atoms with Gasteiger partial charge in [0.2, 0.25) is 10.0 Å². The largest absolute Gasteiger partial charge is 0.333 e. The average molecular weight is 264 g/mol. The third kappa shape index (κ3) is 1.97. The van der Waals surface area contributed by atoms with Gasteiger partial charge in [0.15, 0.2) is 0 Å². The molecule has 1 aliphatic rings. The number of halogens is 1. The van der Waals surface area contributed by atoms with Gasteiger partial charge in [0.25, 0.3) is 0 Å².